The Kier molecular flexibility index (Phi) is 5.87. The first kappa shape index (κ1) is 14.9. The molecule has 0 saturated heterocycles. The lowest BCUT2D eigenvalue weighted by Gasteiger charge is -2.37. The van der Waals surface area contributed by atoms with Gasteiger partial charge < -0.3 is 15.4 Å². The van der Waals surface area contributed by atoms with E-state index in [4.69, 9.17) is 10.5 Å². The van der Waals surface area contributed by atoms with Gasteiger partial charge >= 0.3 is 0 Å². The van der Waals surface area contributed by atoms with Crippen LogP contribution in [0.3, 0.4) is 0 Å². The summed E-state index contributed by atoms with van der Waals surface area (Å²) in [7, 11) is 0. The summed E-state index contributed by atoms with van der Waals surface area (Å²) in [6.07, 6.45) is 4.82. The molecule has 2 N–H and O–H groups in total. The lowest BCUT2D eigenvalue weighted by atomic mass is 9.91. The molecule has 0 atom stereocenters. The van der Waals surface area contributed by atoms with Crippen LogP contribution < -0.4 is 10.5 Å². The summed E-state index contributed by atoms with van der Waals surface area (Å²) >= 11 is 0. The zero-order valence-electron chi connectivity index (χ0n) is 12.0. The van der Waals surface area contributed by atoms with E-state index in [1.807, 2.05) is 35.2 Å². The van der Waals surface area contributed by atoms with Gasteiger partial charge in [-0.25, -0.2) is 0 Å². The topological polar surface area (TPSA) is 55.6 Å². The number of rotatable bonds is 8. The van der Waals surface area contributed by atoms with Gasteiger partial charge in [0.1, 0.15) is 5.75 Å². The molecular formula is C16H24N2O2. The predicted molar refractivity (Wildman–Crippen MR) is 79.6 cm³/mol. The molecule has 0 heterocycles. The third-order valence-electron chi connectivity index (χ3n) is 3.77. The second-order valence-electron chi connectivity index (χ2n) is 5.23. The van der Waals surface area contributed by atoms with E-state index < -0.39 is 0 Å². The lowest BCUT2D eigenvalue weighted by Crippen LogP contribution is -2.45. The average Bonchev–Trinajstić information content (AvgIpc) is 2.42. The monoisotopic (exact) mass is 276 g/mol. The van der Waals surface area contributed by atoms with Crippen LogP contribution in [0.5, 0.6) is 5.75 Å². The van der Waals surface area contributed by atoms with Crippen molar-refractivity contribution < 1.29 is 9.53 Å². The number of hydrogen-bond donors (Lipinski definition) is 1. The zero-order valence-corrected chi connectivity index (χ0v) is 12.0. The highest BCUT2D eigenvalue weighted by Gasteiger charge is 2.27. The molecule has 20 heavy (non-hydrogen) atoms. The lowest BCUT2D eigenvalue weighted by molar-refractivity contribution is -0.135. The van der Waals surface area contributed by atoms with Gasteiger partial charge in [-0.05, 0) is 44.4 Å². The van der Waals surface area contributed by atoms with Gasteiger partial charge in [0.15, 0.2) is 0 Å². The zero-order chi connectivity index (χ0) is 14.2. The first-order valence-electron chi connectivity index (χ1n) is 7.48. The average molecular weight is 276 g/mol. The number of amides is 1. The number of nitrogens with zero attached hydrogens (tertiary/aromatic N) is 1. The maximum atomic E-state index is 12.3. The molecule has 0 unspecified atom stereocenters. The number of hydrogen-bond acceptors (Lipinski definition) is 3. The molecule has 1 amide bonds. The van der Waals surface area contributed by atoms with E-state index in [1.54, 1.807) is 0 Å². The molecule has 1 aliphatic carbocycles. The summed E-state index contributed by atoms with van der Waals surface area (Å²) in [6.45, 7) is 1.86. The SMILES string of the molecule is NCCCN(C(=O)CCOc1ccccc1)C1CCC1. The number of ether oxygens (including phenoxy) is 1. The number of carbonyl (C=O) groups excluding carboxylic acids is 1. The molecule has 0 aliphatic heterocycles. The van der Waals surface area contributed by atoms with Crippen molar-refractivity contribution >= 4 is 5.91 Å². The van der Waals surface area contributed by atoms with Crippen molar-refractivity contribution in [3.05, 3.63) is 30.3 Å². The second-order valence-corrected chi connectivity index (χ2v) is 5.23. The Bertz CT molecular complexity index is 404. The smallest absolute Gasteiger partial charge is 0.226 e. The maximum absolute atomic E-state index is 12.3. The number of benzene rings is 1. The first-order chi connectivity index (χ1) is 9.81. The van der Waals surface area contributed by atoms with Crippen LogP contribution in [0.15, 0.2) is 30.3 Å². The fourth-order valence-electron chi connectivity index (χ4n) is 2.39. The van der Waals surface area contributed by atoms with E-state index in [2.05, 4.69) is 0 Å². The minimum absolute atomic E-state index is 0.194. The highest BCUT2D eigenvalue weighted by molar-refractivity contribution is 5.76. The van der Waals surface area contributed by atoms with Gasteiger partial charge in [-0.15, -0.1) is 0 Å². The number of nitrogens with two attached hydrogens (primary N) is 1. The van der Waals surface area contributed by atoms with Crippen LogP contribution >= 0.6 is 0 Å². The fraction of sp³-hybridized carbons (Fsp3) is 0.562. The molecule has 4 heteroatoms. The summed E-state index contributed by atoms with van der Waals surface area (Å²) in [5.41, 5.74) is 5.55. The van der Waals surface area contributed by atoms with Crippen LogP contribution in [0.1, 0.15) is 32.1 Å². The molecule has 0 spiro atoms. The number of carbonyl (C=O) groups is 1. The van der Waals surface area contributed by atoms with Crippen LogP contribution in [0.2, 0.25) is 0 Å². The van der Waals surface area contributed by atoms with E-state index in [9.17, 15) is 4.79 Å². The summed E-state index contributed by atoms with van der Waals surface area (Å²) < 4.78 is 5.59. The highest BCUT2D eigenvalue weighted by Crippen LogP contribution is 2.25. The van der Waals surface area contributed by atoms with Gasteiger partial charge in [0.25, 0.3) is 0 Å². The largest absolute Gasteiger partial charge is 0.493 e. The molecule has 1 fully saturated rings. The van der Waals surface area contributed by atoms with Crippen LogP contribution in [0.4, 0.5) is 0 Å². The van der Waals surface area contributed by atoms with Gasteiger partial charge in [0.05, 0.1) is 13.0 Å². The molecule has 1 saturated carbocycles. The third kappa shape index (κ3) is 4.23. The predicted octanol–water partition coefficient (Wildman–Crippen LogP) is 2.19. The summed E-state index contributed by atoms with van der Waals surface area (Å²) in [5, 5.41) is 0. The number of para-hydroxylation sites is 1. The molecule has 2 rings (SSSR count). The molecule has 1 aliphatic rings. The van der Waals surface area contributed by atoms with Crippen molar-refractivity contribution in [3.8, 4) is 5.75 Å². The Morgan fingerprint density at radius 2 is 2.05 bits per heavy atom. The standard InChI is InChI=1S/C16H24N2O2/c17-11-5-12-18(14-6-4-7-14)16(19)10-13-20-15-8-2-1-3-9-15/h1-3,8-9,14H,4-7,10-13,17H2. The van der Waals surface area contributed by atoms with E-state index in [0.717, 1.165) is 31.6 Å². The fourth-order valence-corrected chi connectivity index (χ4v) is 2.39. The van der Waals surface area contributed by atoms with Crippen molar-refractivity contribution in [2.45, 2.75) is 38.1 Å². The third-order valence-corrected chi connectivity index (χ3v) is 3.77. The van der Waals surface area contributed by atoms with Crippen LogP contribution in [0, 0.1) is 0 Å². The minimum atomic E-state index is 0.194. The Morgan fingerprint density at radius 1 is 1.30 bits per heavy atom. The Labute approximate surface area is 120 Å². The van der Waals surface area contributed by atoms with Crippen molar-refractivity contribution in [2.75, 3.05) is 19.7 Å². The van der Waals surface area contributed by atoms with Gasteiger partial charge in [-0.3, -0.25) is 4.79 Å². The van der Waals surface area contributed by atoms with E-state index in [-0.39, 0.29) is 5.91 Å². The van der Waals surface area contributed by atoms with Crippen molar-refractivity contribution in [3.63, 3.8) is 0 Å². The first-order valence-corrected chi connectivity index (χ1v) is 7.48. The Morgan fingerprint density at radius 3 is 2.65 bits per heavy atom. The summed E-state index contributed by atoms with van der Waals surface area (Å²) in [4.78, 5) is 14.3. The Hall–Kier alpha value is -1.55. The van der Waals surface area contributed by atoms with Gasteiger partial charge in [-0.2, -0.15) is 0 Å². The van der Waals surface area contributed by atoms with Crippen molar-refractivity contribution in [2.24, 2.45) is 5.73 Å². The van der Waals surface area contributed by atoms with Crippen molar-refractivity contribution in [1.29, 1.82) is 0 Å². The molecule has 0 aromatic heterocycles. The quantitative estimate of drug-likeness (QED) is 0.792. The molecule has 110 valence electrons. The van der Waals surface area contributed by atoms with Crippen molar-refractivity contribution in [1.82, 2.24) is 4.90 Å². The van der Waals surface area contributed by atoms with Gasteiger partial charge in [0, 0.05) is 12.6 Å². The van der Waals surface area contributed by atoms with E-state index in [0.29, 0.717) is 25.6 Å². The van der Waals surface area contributed by atoms with Crippen LogP contribution in [-0.2, 0) is 4.79 Å². The molecular weight excluding hydrogens is 252 g/mol. The molecule has 1 aromatic carbocycles. The molecule has 4 nitrogen and oxygen atoms in total. The normalized spacial score (nSPS) is 14.7. The second kappa shape index (κ2) is 7.90. The summed E-state index contributed by atoms with van der Waals surface area (Å²) in [6, 6.07) is 10.1. The molecule has 0 radical (unpaired) electrons. The van der Waals surface area contributed by atoms with Crippen LogP contribution in [-0.4, -0.2) is 36.5 Å². The molecule has 0 bridgehead atoms. The highest BCUT2D eigenvalue weighted by atomic mass is 16.5. The summed E-state index contributed by atoms with van der Waals surface area (Å²) in [5.74, 6) is 1.01. The van der Waals surface area contributed by atoms with Crippen LogP contribution in [0.25, 0.3) is 0 Å². The minimum Gasteiger partial charge on any atom is -0.493 e. The Balaban J connectivity index is 1.76. The van der Waals surface area contributed by atoms with E-state index in [1.165, 1.54) is 6.42 Å². The maximum Gasteiger partial charge on any atom is 0.226 e. The molecule has 1 aromatic rings. The van der Waals surface area contributed by atoms with E-state index >= 15 is 0 Å². The van der Waals surface area contributed by atoms with Gasteiger partial charge in [0.2, 0.25) is 5.91 Å². The van der Waals surface area contributed by atoms with Gasteiger partial charge in [-0.1, -0.05) is 18.2 Å².